The lowest BCUT2D eigenvalue weighted by atomic mass is 9.98. The van der Waals surface area contributed by atoms with E-state index < -0.39 is 0 Å². The van der Waals surface area contributed by atoms with Crippen LogP contribution in [0.1, 0.15) is 57.1 Å². The number of thiazole rings is 1. The number of hydrogen-bond acceptors (Lipinski definition) is 5. The fourth-order valence-electron chi connectivity index (χ4n) is 2.62. The second-order valence-corrected chi connectivity index (χ2v) is 7.64. The molecule has 1 unspecified atom stereocenters. The molecular formula is C18H29N3OS. The maximum Gasteiger partial charge on any atom is 0.122 e. The summed E-state index contributed by atoms with van der Waals surface area (Å²) in [6.07, 6.45) is 1.75. The number of furan rings is 1. The van der Waals surface area contributed by atoms with Gasteiger partial charge in [0.15, 0.2) is 0 Å². The Bertz CT molecular complexity index is 567. The number of nitrogens with zero attached hydrogens (tertiary/aromatic N) is 2. The van der Waals surface area contributed by atoms with Crippen LogP contribution in [0.5, 0.6) is 0 Å². The van der Waals surface area contributed by atoms with Crippen molar-refractivity contribution in [3.05, 3.63) is 40.2 Å². The van der Waals surface area contributed by atoms with Crippen LogP contribution >= 0.6 is 11.3 Å². The molecule has 2 aromatic rings. The molecule has 2 heterocycles. The smallest absolute Gasteiger partial charge is 0.122 e. The third-order valence-corrected chi connectivity index (χ3v) is 5.28. The van der Waals surface area contributed by atoms with Crippen LogP contribution in [-0.4, -0.2) is 29.5 Å². The van der Waals surface area contributed by atoms with Crippen LogP contribution in [0.3, 0.4) is 0 Å². The lowest BCUT2D eigenvalue weighted by molar-refractivity contribution is 0.188. The number of rotatable bonds is 8. The molecule has 0 aliphatic rings. The summed E-state index contributed by atoms with van der Waals surface area (Å²) in [4.78, 5) is 7.16. The quantitative estimate of drug-likeness (QED) is 0.785. The molecule has 0 fully saturated rings. The Labute approximate surface area is 143 Å². The zero-order valence-electron chi connectivity index (χ0n) is 14.9. The number of nitrogens with one attached hydrogen (secondary N) is 1. The summed E-state index contributed by atoms with van der Waals surface area (Å²) in [5.74, 6) is 1.02. The standard InChI is InChI=1S/C18H29N3OS/c1-6-21(7-2)15(16-9-8-10-22-16)12-19-11-14-13-23-17(20-14)18(3,4)5/h8-10,13,15,19H,6-7,11-12H2,1-5H3. The number of aromatic nitrogens is 1. The van der Waals surface area contributed by atoms with Gasteiger partial charge in [-0.25, -0.2) is 4.98 Å². The summed E-state index contributed by atoms with van der Waals surface area (Å²) in [5, 5.41) is 6.90. The summed E-state index contributed by atoms with van der Waals surface area (Å²) >= 11 is 1.75. The first-order chi connectivity index (χ1) is 11.0. The van der Waals surface area contributed by atoms with Gasteiger partial charge in [0, 0.05) is 23.9 Å². The second-order valence-electron chi connectivity index (χ2n) is 6.78. The van der Waals surface area contributed by atoms with E-state index in [4.69, 9.17) is 9.40 Å². The van der Waals surface area contributed by atoms with Gasteiger partial charge in [-0.05, 0) is 25.2 Å². The van der Waals surface area contributed by atoms with E-state index in [0.29, 0.717) is 0 Å². The molecular weight excluding hydrogens is 306 g/mol. The van der Waals surface area contributed by atoms with E-state index in [1.807, 2.05) is 6.07 Å². The highest BCUT2D eigenvalue weighted by molar-refractivity contribution is 7.09. The molecule has 0 aromatic carbocycles. The summed E-state index contributed by atoms with van der Waals surface area (Å²) in [7, 11) is 0. The number of likely N-dealkylation sites (N-methyl/N-ethyl adjacent to an activating group) is 1. The van der Waals surface area contributed by atoms with Gasteiger partial charge in [-0.2, -0.15) is 0 Å². The van der Waals surface area contributed by atoms with Crippen molar-refractivity contribution in [3.8, 4) is 0 Å². The predicted molar refractivity (Wildman–Crippen MR) is 96.9 cm³/mol. The summed E-state index contributed by atoms with van der Waals surface area (Å²) in [5.41, 5.74) is 1.25. The molecule has 128 valence electrons. The maximum absolute atomic E-state index is 5.64. The van der Waals surface area contributed by atoms with E-state index in [1.54, 1.807) is 17.6 Å². The van der Waals surface area contributed by atoms with Crippen molar-refractivity contribution < 1.29 is 4.42 Å². The van der Waals surface area contributed by atoms with E-state index in [2.05, 4.69) is 56.3 Å². The normalized spacial score (nSPS) is 13.7. The third-order valence-electron chi connectivity index (χ3n) is 3.96. The molecule has 0 radical (unpaired) electrons. The average molecular weight is 336 g/mol. The van der Waals surface area contributed by atoms with Crippen LogP contribution < -0.4 is 5.32 Å². The summed E-state index contributed by atoms with van der Waals surface area (Å²) < 4.78 is 5.64. The molecule has 5 heteroatoms. The lowest BCUT2D eigenvalue weighted by Crippen LogP contribution is -2.35. The van der Waals surface area contributed by atoms with Crippen molar-refractivity contribution >= 4 is 11.3 Å². The monoisotopic (exact) mass is 335 g/mol. The molecule has 0 aliphatic heterocycles. The zero-order valence-corrected chi connectivity index (χ0v) is 15.7. The molecule has 0 bridgehead atoms. The molecule has 23 heavy (non-hydrogen) atoms. The van der Waals surface area contributed by atoms with Gasteiger partial charge in [-0.3, -0.25) is 4.90 Å². The van der Waals surface area contributed by atoms with Crippen LogP contribution in [0.4, 0.5) is 0 Å². The zero-order chi connectivity index (χ0) is 16.9. The van der Waals surface area contributed by atoms with Gasteiger partial charge >= 0.3 is 0 Å². The van der Waals surface area contributed by atoms with Crippen LogP contribution in [0, 0.1) is 0 Å². The van der Waals surface area contributed by atoms with E-state index in [0.717, 1.165) is 37.6 Å². The second kappa shape index (κ2) is 8.08. The highest BCUT2D eigenvalue weighted by atomic mass is 32.1. The Balaban J connectivity index is 1.95. The highest BCUT2D eigenvalue weighted by Crippen LogP contribution is 2.25. The van der Waals surface area contributed by atoms with Gasteiger partial charge in [0.25, 0.3) is 0 Å². The SMILES string of the molecule is CCN(CC)C(CNCc1csc(C(C)(C)C)n1)c1ccco1. The minimum absolute atomic E-state index is 0.126. The summed E-state index contributed by atoms with van der Waals surface area (Å²) in [6.45, 7) is 14.7. The van der Waals surface area contributed by atoms with Gasteiger partial charge in [0.1, 0.15) is 5.76 Å². The average Bonchev–Trinajstić information content (AvgIpc) is 3.17. The maximum atomic E-state index is 5.64. The first-order valence-corrected chi connectivity index (χ1v) is 9.26. The number of hydrogen-bond donors (Lipinski definition) is 1. The molecule has 1 N–H and O–H groups in total. The van der Waals surface area contributed by atoms with Gasteiger partial charge in [-0.15, -0.1) is 11.3 Å². The van der Waals surface area contributed by atoms with E-state index >= 15 is 0 Å². The van der Waals surface area contributed by atoms with Gasteiger partial charge in [0.2, 0.25) is 0 Å². The van der Waals surface area contributed by atoms with Crippen LogP contribution in [0.15, 0.2) is 28.2 Å². The molecule has 4 nitrogen and oxygen atoms in total. The largest absolute Gasteiger partial charge is 0.468 e. The van der Waals surface area contributed by atoms with Crippen molar-refractivity contribution in [1.29, 1.82) is 0 Å². The van der Waals surface area contributed by atoms with Gasteiger partial charge in [-0.1, -0.05) is 34.6 Å². The Morgan fingerprint density at radius 2 is 2.04 bits per heavy atom. The first-order valence-electron chi connectivity index (χ1n) is 8.38. The molecule has 2 rings (SSSR count). The summed E-state index contributed by atoms with van der Waals surface area (Å²) in [6, 6.07) is 4.29. The fraction of sp³-hybridized carbons (Fsp3) is 0.611. The van der Waals surface area contributed by atoms with Crippen molar-refractivity contribution in [2.45, 2.75) is 52.6 Å². The molecule has 2 aromatic heterocycles. The highest BCUT2D eigenvalue weighted by Gasteiger charge is 2.21. The van der Waals surface area contributed by atoms with E-state index in [1.165, 1.54) is 5.01 Å². The van der Waals surface area contributed by atoms with Crippen LogP contribution in [0.25, 0.3) is 0 Å². The Morgan fingerprint density at radius 1 is 1.30 bits per heavy atom. The molecule has 0 aliphatic carbocycles. The van der Waals surface area contributed by atoms with E-state index in [-0.39, 0.29) is 11.5 Å². The third kappa shape index (κ3) is 4.90. The molecule has 0 saturated heterocycles. The molecule has 0 spiro atoms. The van der Waals surface area contributed by atoms with Crippen molar-refractivity contribution in [1.82, 2.24) is 15.2 Å². The van der Waals surface area contributed by atoms with Gasteiger partial charge < -0.3 is 9.73 Å². The van der Waals surface area contributed by atoms with Crippen molar-refractivity contribution in [3.63, 3.8) is 0 Å². The Hall–Kier alpha value is -1.17. The first kappa shape index (κ1) is 18.2. The minimum atomic E-state index is 0.126. The lowest BCUT2D eigenvalue weighted by Gasteiger charge is -2.28. The Kier molecular flexibility index (Phi) is 6.39. The van der Waals surface area contributed by atoms with Crippen molar-refractivity contribution in [2.75, 3.05) is 19.6 Å². The Morgan fingerprint density at radius 3 is 2.57 bits per heavy atom. The molecule has 0 amide bonds. The van der Waals surface area contributed by atoms with Crippen LogP contribution in [-0.2, 0) is 12.0 Å². The molecule has 1 atom stereocenters. The van der Waals surface area contributed by atoms with Gasteiger partial charge in [0.05, 0.1) is 23.0 Å². The predicted octanol–water partition coefficient (Wildman–Crippen LogP) is 4.21. The topological polar surface area (TPSA) is 41.3 Å². The minimum Gasteiger partial charge on any atom is -0.468 e. The molecule has 0 saturated carbocycles. The van der Waals surface area contributed by atoms with E-state index in [9.17, 15) is 0 Å². The van der Waals surface area contributed by atoms with Crippen LogP contribution in [0.2, 0.25) is 0 Å². The fourth-order valence-corrected chi connectivity index (χ4v) is 3.53. The van der Waals surface area contributed by atoms with Crippen molar-refractivity contribution in [2.24, 2.45) is 0 Å².